The topological polar surface area (TPSA) is 32.3 Å². The van der Waals surface area contributed by atoms with Crippen LogP contribution in [0, 0.1) is 6.92 Å². The maximum Gasteiger partial charge on any atom is 0.251 e. The molecule has 1 aliphatic heterocycles. The first-order chi connectivity index (χ1) is 11.7. The second-order valence-corrected chi connectivity index (χ2v) is 6.71. The van der Waals surface area contributed by atoms with E-state index < -0.39 is 0 Å². The van der Waals surface area contributed by atoms with E-state index in [1.54, 1.807) is 0 Å². The summed E-state index contributed by atoms with van der Waals surface area (Å²) >= 11 is 0. The predicted molar refractivity (Wildman–Crippen MR) is 97.9 cm³/mol. The van der Waals surface area contributed by atoms with Crippen LogP contribution in [0.3, 0.4) is 0 Å². The van der Waals surface area contributed by atoms with E-state index in [-0.39, 0.29) is 5.91 Å². The highest BCUT2D eigenvalue weighted by Crippen LogP contribution is 2.13. The summed E-state index contributed by atoms with van der Waals surface area (Å²) in [6, 6.07) is 16.3. The fraction of sp³-hybridized carbons (Fsp3) is 0.381. The van der Waals surface area contributed by atoms with Crippen molar-refractivity contribution in [2.24, 2.45) is 0 Å². The molecule has 1 heterocycles. The molecule has 1 saturated heterocycles. The molecule has 0 bridgehead atoms. The quantitative estimate of drug-likeness (QED) is 0.905. The van der Waals surface area contributed by atoms with Gasteiger partial charge in [-0.25, -0.2) is 0 Å². The van der Waals surface area contributed by atoms with Crippen LogP contribution < -0.4 is 5.32 Å². The third kappa shape index (κ3) is 4.68. The highest BCUT2D eigenvalue weighted by Gasteiger charge is 2.10. The molecule has 0 saturated carbocycles. The van der Waals surface area contributed by atoms with Crippen LogP contribution in [-0.2, 0) is 13.1 Å². The van der Waals surface area contributed by atoms with Gasteiger partial charge in [0.1, 0.15) is 0 Å². The number of benzene rings is 2. The molecule has 2 aromatic carbocycles. The number of aryl methyl sites for hydroxylation is 1. The van der Waals surface area contributed by atoms with Crippen molar-refractivity contribution in [2.45, 2.75) is 39.3 Å². The van der Waals surface area contributed by atoms with Gasteiger partial charge in [0.2, 0.25) is 0 Å². The summed E-state index contributed by atoms with van der Waals surface area (Å²) in [5, 5.41) is 2.99. The van der Waals surface area contributed by atoms with Crippen LogP contribution in [0.4, 0.5) is 0 Å². The molecule has 1 fully saturated rings. The van der Waals surface area contributed by atoms with Crippen molar-refractivity contribution < 1.29 is 4.79 Å². The van der Waals surface area contributed by atoms with Gasteiger partial charge >= 0.3 is 0 Å². The van der Waals surface area contributed by atoms with Crippen LogP contribution >= 0.6 is 0 Å². The Morgan fingerprint density at radius 2 is 1.71 bits per heavy atom. The van der Waals surface area contributed by atoms with Gasteiger partial charge in [0, 0.05) is 18.7 Å². The molecule has 24 heavy (non-hydrogen) atoms. The first kappa shape index (κ1) is 16.7. The lowest BCUT2D eigenvalue weighted by atomic mass is 10.1. The molecular formula is C21H26N2O. The van der Waals surface area contributed by atoms with Gasteiger partial charge in [-0.3, -0.25) is 9.69 Å². The van der Waals surface area contributed by atoms with Gasteiger partial charge in [-0.2, -0.15) is 0 Å². The van der Waals surface area contributed by atoms with Crippen molar-refractivity contribution in [1.82, 2.24) is 10.2 Å². The SMILES string of the molecule is Cc1cccc(C(=O)NCc2ccc(CN3CCCCC3)cc2)c1. The van der Waals surface area contributed by atoms with Crippen molar-refractivity contribution in [2.75, 3.05) is 13.1 Å². The van der Waals surface area contributed by atoms with Crippen LogP contribution in [0.1, 0.15) is 46.3 Å². The highest BCUT2D eigenvalue weighted by molar-refractivity contribution is 5.94. The third-order valence-electron chi connectivity index (χ3n) is 4.61. The van der Waals surface area contributed by atoms with Crippen LogP contribution in [0.25, 0.3) is 0 Å². The molecule has 0 unspecified atom stereocenters. The first-order valence-electron chi connectivity index (χ1n) is 8.86. The maximum absolute atomic E-state index is 12.2. The Labute approximate surface area is 144 Å². The number of rotatable bonds is 5. The lowest BCUT2D eigenvalue weighted by Crippen LogP contribution is -2.29. The fourth-order valence-corrected chi connectivity index (χ4v) is 3.21. The van der Waals surface area contributed by atoms with Crippen molar-refractivity contribution in [3.63, 3.8) is 0 Å². The van der Waals surface area contributed by atoms with Gasteiger partial charge in [-0.15, -0.1) is 0 Å². The molecule has 0 spiro atoms. The molecule has 3 heteroatoms. The monoisotopic (exact) mass is 322 g/mol. The molecule has 1 N–H and O–H groups in total. The summed E-state index contributed by atoms with van der Waals surface area (Å²) in [4.78, 5) is 14.7. The molecule has 126 valence electrons. The second-order valence-electron chi connectivity index (χ2n) is 6.71. The average molecular weight is 322 g/mol. The zero-order chi connectivity index (χ0) is 16.8. The van der Waals surface area contributed by atoms with Gasteiger partial charge in [-0.05, 0) is 56.1 Å². The number of nitrogens with zero attached hydrogens (tertiary/aromatic N) is 1. The normalized spacial score (nSPS) is 15.2. The van der Waals surface area contributed by atoms with E-state index in [0.29, 0.717) is 6.54 Å². The van der Waals surface area contributed by atoms with E-state index in [4.69, 9.17) is 0 Å². The molecule has 0 aliphatic carbocycles. The lowest BCUT2D eigenvalue weighted by Gasteiger charge is -2.26. The van der Waals surface area contributed by atoms with Crippen molar-refractivity contribution >= 4 is 5.91 Å². The Morgan fingerprint density at radius 1 is 1.00 bits per heavy atom. The van der Waals surface area contributed by atoms with Gasteiger partial charge in [-0.1, -0.05) is 48.4 Å². The van der Waals surface area contributed by atoms with Crippen molar-refractivity contribution in [3.05, 3.63) is 70.8 Å². The Morgan fingerprint density at radius 3 is 2.42 bits per heavy atom. The molecule has 3 nitrogen and oxygen atoms in total. The average Bonchev–Trinajstić information content (AvgIpc) is 2.62. The van der Waals surface area contributed by atoms with E-state index in [1.165, 1.54) is 37.9 Å². The number of carbonyl (C=O) groups is 1. The lowest BCUT2D eigenvalue weighted by molar-refractivity contribution is 0.0951. The van der Waals surface area contributed by atoms with E-state index in [9.17, 15) is 4.79 Å². The number of hydrogen-bond acceptors (Lipinski definition) is 2. The molecule has 0 atom stereocenters. The van der Waals surface area contributed by atoms with Crippen LogP contribution in [-0.4, -0.2) is 23.9 Å². The number of amides is 1. The molecule has 0 radical (unpaired) electrons. The third-order valence-corrected chi connectivity index (χ3v) is 4.61. The van der Waals surface area contributed by atoms with E-state index >= 15 is 0 Å². The van der Waals surface area contributed by atoms with Crippen LogP contribution in [0.5, 0.6) is 0 Å². The minimum atomic E-state index is -0.0175. The molecule has 1 aliphatic rings. The molecule has 3 rings (SSSR count). The fourth-order valence-electron chi connectivity index (χ4n) is 3.21. The smallest absolute Gasteiger partial charge is 0.251 e. The summed E-state index contributed by atoms with van der Waals surface area (Å²) in [7, 11) is 0. The minimum Gasteiger partial charge on any atom is -0.348 e. The number of nitrogens with one attached hydrogen (secondary N) is 1. The largest absolute Gasteiger partial charge is 0.348 e. The molecule has 1 amide bonds. The summed E-state index contributed by atoms with van der Waals surface area (Å²) in [5.41, 5.74) is 4.31. The van der Waals surface area contributed by atoms with Gasteiger partial charge in [0.05, 0.1) is 0 Å². The Bertz CT molecular complexity index is 672. The molecule has 0 aromatic heterocycles. The van der Waals surface area contributed by atoms with Crippen molar-refractivity contribution in [1.29, 1.82) is 0 Å². The molecule has 2 aromatic rings. The Kier molecular flexibility index (Phi) is 5.65. The number of carbonyl (C=O) groups excluding carboxylic acids is 1. The zero-order valence-electron chi connectivity index (χ0n) is 14.4. The summed E-state index contributed by atoms with van der Waals surface area (Å²) in [5.74, 6) is -0.0175. The maximum atomic E-state index is 12.2. The number of likely N-dealkylation sites (tertiary alicyclic amines) is 1. The second kappa shape index (κ2) is 8.11. The minimum absolute atomic E-state index is 0.0175. The Hall–Kier alpha value is -2.13. The van der Waals surface area contributed by atoms with E-state index in [0.717, 1.165) is 23.2 Å². The van der Waals surface area contributed by atoms with E-state index in [1.807, 2.05) is 31.2 Å². The van der Waals surface area contributed by atoms with Crippen molar-refractivity contribution in [3.8, 4) is 0 Å². The first-order valence-corrected chi connectivity index (χ1v) is 8.86. The predicted octanol–water partition coefficient (Wildman–Crippen LogP) is 3.91. The zero-order valence-corrected chi connectivity index (χ0v) is 14.4. The summed E-state index contributed by atoms with van der Waals surface area (Å²) in [6.45, 7) is 6.03. The van der Waals surface area contributed by atoms with Crippen LogP contribution in [0.15, 0.2) is 48.5 Å². The number of hydrogen-bond donors (Lipinski definition) is 1. The standard InChI is InChI=1S/C21H26N2O/c1-17-6-5-7-20(14-17)21(24)22-15-18-8-10-19(11-9-18)16-23-12-3-2-4-13-23/h5-11,14H,2-4,12-13,15-16H2,1H3,(H,22,24). The van der Waals surface area contributed by atoms with E-state index in [2.05, 4.69) is 34.5 Å². The highest BCUT2D eigenvalue weighted by atomic mass is 16.1. The Balaban J connectivity index is 1.51. The summed E-state index contributed by atoms with van der Waals surface area (Å²) < 4.78 is 0. The van der Waals surface area contributed by atoms with Crippen LogP contribution in [0.2, 0.25) is 0 Å². The molecular weight excluding hydrogens is 296 g/mol. The van der Waals surface area contributed by atoms with Gasteiger partial charge < -0.3 is 5.32 Å². The summed E-state index contributed by atoms with van der Waals surface area (Å²) in [6.07, 6.45) is 4.02. The van der Waals surface area contributed by atoms with Gasteiger partial charge in [0.15, 0.2) is 0 Å². The number of piperidine rings is 1. The van der Waals surface area contributed by atoms with Gasteiger partial charge in [0.25, 0.3) is 5.91 Å².